The highest BCUT2D eigenvalue weighted by atomic mass is 35.5. The van der Waals surface area contributed by atoms with Gasteiger partial charge in [0.05, 0.1) is 5.69 Å². The molecule has 0 aliphatic rings. The molecule has 0 fully saturated rings. The number of benzene rings is 2. The third-order valence-electron chi connectivity index (χ3n) is 3.39. The predicted octanol–water partition coefficient (Wildman–Crippen LogP) is 4.20. The van der Waals surface area contributed by atoms with Crippen LogP contribution >= 0.6 is 11.6 Å². The van der Waals surface area contributed by atoms with Crippen molar-refractivity contribution in [2.24, 2.45) is 0 Å². The molecule has 1 heterocycles. The molecule has 3 aromatic rings. The van der Waals surface area contributed by atoms with E-state index in [1.54, 1.807) is 16.7 Å². The average Bonchev–Trinajstić information content (AvgIpc) is 2.96. The van der Waals surface area contributed by atoms with Gasteiger partial charge in [-0.25, -0.2) is 9.78 Å². The van der Waals surface area contributed by atoms with Crippen molar-refractivity contribution < 1.29 is 9.90 Å². The molecule has 0 unspecified atom stereocenters. The molecule has 1 N–H and O–H groups in total. The van der Waals surface area contributed by atoms with Gasteiger partial charge in [0, 0.05) is 16.8 Å². The van der Waals surface area contributed by atoms with E-state index in [1.807, 2.05) is 43.3 Å². The van der Waals surface area contributed by atoms with Crippen molar-refractivity contribution in [1.82, 2.24) is 9.55 Å². The fourth-order valence-corrected chi connectivity index (χ4v) is 2.47. The maximum absolute atomic E-state index is 11.3. The van der Waals surface area contributed by atoms with Gasteiger partial charge in [0.25, 0.3) is 0 Å². The van der Waals surface area contributed by atoms with Gasteiger partial charge >= 0.3 is 5.97 Å². The molecule has 0 aliphatic heterocycles. The van der Waals surface area contributed by atoms with Crippen molar-refractivity contribution in [1.29, 1.82) is 0 Å². The molecule has 110 valence electrons. The van der Waals surface area contributed by atoms with E-state index in [0.717, 1.165) is 16.8 Å². The summed E-state index contributed by atoms with van der Waals surface area (Å²) in [6.45, 7) is 1.95. The SMILES string of the molecule is Cc1ccc(Cl)cc1-n1cc(C(=O)O)nc1-c1ccccc1. The Morgan fingerprint density at radius 3 is 2.59 bits per heavy atom. The highest BCUT2D eigenvalue weighted by Crippen LogP contribution is 2.26. The maximum Gasteiger partial charge on any atom is 0.356 e. The highest BCUT2D eigenvalue weighted by molar-refractivity contribution is 6.30. The zero-order valence-electron chi connectivity index (χ0n) is 11.8. The second-order valence-corrected chi connectivity index (χ2v) is 5.36. The fraction of sp³-hybridized carbons (Fsp3) is 0.0588. The molecule has 0 atom stereocenters. The zero-order chi connectivity index (χ0) is 15.7. The number of aromatic carboxylic acids is 1. The average molecular weight is 313 g/mol. The molecule has 22 heavy (non-hydrogen) atoms. The number of carboxylic acids is 1. The van der Waals surface area contributed by atoms with E-state index in [0.29, 0.717) is 10.8 Å². The predicted molar refractivity (Wildman–Crippen MR) is 85.7 cm³/mol. The largest absolute Gasteiger partial charge is 0.476 e. The molecule has 1 aromatic heterocycles. The molecule has 0 saturated carbocycles. The van der Waals surface area contributed by atoms with E-state index in [9.17, 15) is 9.90 Å². The molecule has 0 saturated heterocycles. The number of aryl methyl sites for hydroxylation is 1. The number of hydrogen-bond acceptors (Lipinski definition) is 2. The van der Waals surface area contributed by atoms with Crippen LogP contribution in [-0.4, -0.2) is 20.6 Å². The standard InChI is InChI=1S/C17H13ClN2O2/c1-11-7-8-13(18)9-15(11)20-10-14(17(21)22)19-16(20)12-5-3-2-4-6-12/h2-10H,1H3,(H,21,22). The Morgan fingerprint density at radius 1 is 1.18 bits per heavy atom. The summed E-state index contributed by atoms with van der Waals surface area (Å²) in [6, 6.07) is 15.0. The van der Waals surface area contributed by atoms with Gasteiger partial charge in [-0.2, -0.15) is 0 Å². The number of carboxylic acid groups (broad SMARTS) is 1. The van der Waals surface area contributed by atoms with Crippen LogP contribution in [0.2, 0.25) is 5.02 Å². The number of hydrogen-bond donors (Lipinski definition) is 1. The van der Waals surface area contributed by atoms with Crippen LogP contribution in [0.25, 0.3) is 17.1 Å². The summed E-state index contributed by atoms with van der Waals surface area (Å²) in [7, 11) is 0. The molecule has 3 rings (SSSR count). The van der Waals surface area contributed by atoms with Crippen molar-refractivity contribution in [2.75, 3.05) is 0 Å². The van der Waals surface area contributed by atoms with Crippen LogP contribution in [0, 0.1) is 6.92 Å². The molecule has 2 aromatic carbocycles. The Balaban J connectivity index is 2.26. The first-order valence-corrected chi connectivity index (χ1v) is 7.08. The first kappa shape index (κ1) is 14.4. The van der Waals surface area contributed by atoms with Crippen LogP contribution in [-0.2, 0) is 0 Å². The molecule has 0 aliphatic carbocycles. The minimum absolute atomic E-state index is 0.00164. The minimum Gasteiger partial charge on any atom is -0.476 e. The summed E-state index contributed by atoms with van der Waals surface area (Å²) in [5, 5.41) is 9.83. The summed E-state index contributed by atoms with van der Waals surface area (Å²) in [4.78, 5) is 15.5. The number of aromatic nitrogens is 2. The van der Waals surface area contributed by atoms with Crippen LogP contribution in [0.15, 0.2) is 54.7 Å². The smallest absolute Gasteiger partial charge is 0.356 e. The van der Waals surface area contributed by atoms with Crippen molar-refractivity contribution in [3.63, 3.8) is 0 Å². The second-order valence-electron chi connectivity index (χ2n) is 4.92. The lowest BCUT2D eigenvalue weighted by Gasteiger charge is -2.11. The van der Waals surface area contributed by atoms with E-state index < -0.39 is 5.97 Å². The molecule has 4 nitrogen and oxygen atoms in total. The van der Waals surface area contributed by atoms with Crippen LogP contribution < -0.4 is 0 Å². The van der Waals surface area contributed by atoms with Gasteiger partial charge in [0.15, 0.2) is 5.69 Å². The topological polar surface area (TPSA) is 55.1 Å². The molecular weight excluding hydrogens is 300 g/mol. The minimum atomic E-state index is -1.06. The van der Waals surface area contributed by atoms with E-state index in [1.165, 1.54) is 6.20 Å². The number of imidazole rings is 1. The third kappa shape index (κ3) is 2.61. The van der Waals surface area contributed by atoms with Crippen molar-refractivity contribution in [3.05, 3.63) is 71.0 Å². The molecule has 0 spiro atoms. The van der Waals surface area contributed by atoms with Crippen LogP contribution in [0.1, 0.15) is 16.1 Å². The Labute approximate surface area is 132 Å². The lowest BCUT2D eigenvalue weighted by atomic mass is 10.1. The normalized spacial score (nSPS) is 10.6. The Bertz CT molecular complexity index is 841. The van der Waals surface area contributed by atoms with E-state index >= 15 is 0 Å². The summed E-state index contributed by atoms with van der Waals surface area (Å²) < 4.78 is 1.76. The van der Waals surface area contributed by atoms with Crippen LogP contribution in [0.3, 0.4) is 0 Å². The first-order chi connectivity index (χ1) is 10.6. The lowest BCUT2D eigenvalue weighted by Crippen LogP contribution is -1.98. The first-order valence-electron chi connectivity index (χ1n) is 6.71. The second kappa shape index (κ2) is 5.66. The van der Waals surface area contributed by atoms with Gasteiger partial charge in [-0.05, 0) is 24.6 Å². The van der Waals surface area contributed by atoms with Gasteiger partial charge in [0.1, 0.15) is 5.82 Å². The molecule has 0 bridgehead atoms. The van der Waals surface area contributed by atoms with E-state index in [4.69, 9.17) is 11.6 Å². The monoisotopic (exact) mass is 312 g/mol. The van der Waals surface area contributed by atoms with Crippen LogP contribution in [0.5, 0.6) is 0 Å². The van der Waals surface area contributed by atoms with Crippen molar-refractivity contribution in [3.8, 4) is 17.1 Å². The molecule has 0 radical (unpaired) electrons. The summed E-state index contributed by atoms with van der Waals surface area (Å²) in [5.74, 6) is -0.487. The van der Waals surface area contributed by atoms with E-state index in [-0.39, 0.29) is 5.69 Å². The number of carbonyl (C=O) groups is 1. The Hall–Kier alpha value is -2.59. The van der Waals surface area contributed by atoms with Gasteiger partial charge in [-0.15, -0.1) is 0 Å². The third-order valence-corrected chi connectivity index (χ3v) is 3.62. The maximum atomic E-state index is 11.3. The van der Waals surface area contributed by atoms with E-state index in [2.05, 4.69) is 4.98 Å². The fourth-order valence-electron chi connectivity index (χ4n) is 2.30. The Morgan fingerprint density at radius 2 is 1.91 bits per heavy atom. The van der Waals surface area contributed by atoms with Gasteiger partial charge in [0.2, 0.25) is 0 Å². The number of rotatable bonds is 3. The quantitative estimate of drug-likeness (QED) is 0.788. The van der Waals surface area contributed by atoms with Crippen molar-refractivity contribution in [2.45, 2.75) is 6.92 Å². The molecule has 5 heteroatoms. The van der Waals surface area contributed by atoms with Crippen molar-refractivity contribution >= 4 is 17.6 Å². The highest BCUT2D eigenvalue weighted by Gasteiger charge is 2.17. The summed E-state index contributed by atoms with van der Waals surface area (Å²) in [5.41, 5.74) is 2.63. The number of nitrogens with zero attached hydrogens (tertiary/aromatic N) is 2. The zero-order valence-corrected chi connectivity index (χ0v) is 12.6. The Kier molecular flexibility index (Phi) is 3.69. The summed E-state index contributed by atoms with van der Waals surface area (Å²) >= 11 is 6.08. The van der Waals surface area contributed by atoms with Gasteiger partial charge < -0.3 is 5.11 Å². The molecule has 0 amide bonds. The molecular formula is C17H13ClN2O2. The van der Waals surface area contributed by atoms with Gasteiger partial charge in [-0.1, -0.05) is 48.0 Å². The lowest BCUT2D eigenvalue weighted by molar-refractivity contribution is 0.0691. The number of halogens is 1. The van der Waals surface area contributed by atoms with Crippen LogP contribution in [0.4, 0.5) is 0 Å². The van der Waals surface area contributed by atoms with Gasteiger partial charge in [-0.3, -0.25) is 4.57 Å². The summed E-state index contributed by atoms with van der Waals surface area (Å²) in [6.07, 6.45) is 1.52.